The molecule has 0 saturated heterocycles. The van der Waals surface area contributed by atoms with Gasteiger partial charge >= 0.3 is 6.18 Å². The topological polar surface area (TPSA) is 49.8 Å². The lowest BCUT2D eigenvalue weighted by molar-refractivity contribution is -0.137. The Hall–Kier alpha value is -2.61. The van der Waals surface area contributed by atoms with Gasteiger partial charge in [0.15, 0.2) is 0 Å². The smallest absolute Gasteiger partial charge is 0.340 e. The van der Waals surface area contributed by atoms with Gasteiger partial charge in [0.2, 0.25) is 5.95 Å². The Balaban J connectivity index is 1.96. The minimum Gasteiger partial charge on any atom is -0.340 e. The SMILES string of the molecule is Cc1ccccc1Nc1ncc(C(F)(F)F)c(Nc2ccc(Br)cc2)n1. The first-order valence-corrected chi connectivity index (χ1v) is 8.42. The van der Waals surface area contributed by atoms with E-state index in [1.165, 1.54) is 0 Å². The molecule has 0 amide bonds. The van der Waals surface area contributed by atoms with Crippen molar-refractivity contribution in [2.45, 2.75) is 13.1 Å². The zero-order valence-electron chi connectivity index (χ0n) is 13.6. The van der Waals surface area contributed by atoms with Crippen molar-refractivity contribution >= 4 is 39.1 Å². The highest BCUT2D eigenvalue weighted by Gasteiger charge is 2.35. The number of aryl methyl sites for hydroxylation is 1. The first-order chi connectivity index (χ1) is 12.3. The summed E-state index contributed by atoms with van der Waals surface area (Å²) in [6, 6.07) is 14.1. The minimum atomic E-state index is -4.57. The van der Waals surface area contributed by atoms with Crippen LogP contribution in [0.25, 0.3) is 0 Å². The molecule has 0 spiro atoms. The fourth-order valence-corrected chi connectivity index (χ4v) is 2.51. The number of para-hydroxylation sites is 1. The number of hydrogen-bond donors (Lipinski definition) is 2. The number of aromatic nitrogens is 2. The van der Waals surface area contributed by atoms with Gasteiger partial charge in [-0.3, -0.25) is 0 Å². The number of rotatable bonds is 4. The van der Waals surface area contributed by atoms with Crippen molar-refractivity contribution < 1.29 is 13.2 Å². The normalized spacial score (nSPS) is 11.3. The van der Waals surface area contributed by atoms with Gasteiger partial charge in [-0.2, -0.15) is 18.2 Å². The maximum Gasteiger partial charge on any atom is 0.421 e. The molecule has 134 valence electrons. The first kappa shape index (κ1) is 18.2. The molecule has 4 nitrogen and oxygen atoms in total. The number of anilines is 4. The molecule has 0 fully saturated rings. The molecule has 0 bridgehead atoms. The molecule has 0 atom stereocenters. The van der Waals surface area contributed by atoms with E-state index in [-0.39, 0.29) is 11.8 Å². The zero-order valence-corrected chi connectivity index (χ0v) is 15.2. The second kappa shape index (κ2) is 7.33. The van der Waals surface area contributed by atoms with E-state index >= 15 is 0 Å². The van der Waals surface area contributed by atoms with Gasteiger partial charge in [0.25, 0.3) is 0 Å². The molecule has 0 unspecified atom stereocenters. The molecule has 8 heteroatoms. The number of nitrogens with one attached hydrogen (secondary N) is 2. The van der Waals surface area contributed by atoms with Gasteiger partial charge in [-0.25, -0.2) is 4.98 Å². The molecule has 0 aliphatic heterocycles. The van der Waals surface area contributed by atoms with Crippen LogP contribution in [-0.4, -0.2) is 9.97 Å². The van der Waals surface area contributed by atoms with Crippen LogP contribution in [0.1, 0.15) is 11.1 Å². The van der Waals surface area contributed by atoms with Crippen molar-refractivity contribution in [3.63, 3.8) is 0 Å². The molecule has 26 heavy (non-hydrogen) atoms. The van der Waals surface area contributed by atoms with E-state index in [1.807, 2.05) is 25.1 Å². The number of hydrogen-bond acceptors (Lipinski definition) is 4. The lowest BCUT2D eigenvalue weighted by Gasteiger charge is -2.15. The summed E-state index contributed by atoms with van der Waals surface area (Å²) in [5.74, 6) is -0.238. The maximum atomic E-state index is 13.3. The fraction of sp³-hybridized carbons (Fsp3) is 0.111. The van der Waals surface area contributed by atoms with Gasteiger partial charge < -0.3 is 10.6 Å². The summed E-state index contributed by atoms with van der Waals surface area (Å²) in [5, 5.41) is 5.66. The van der Waals surface area contributed by atoms with E-state index in [4.69, 9.17) is 0 Å². The highest BCUT2D eigenvalue weighted by molar-refractivity contribution is 9.10. The van der Waals surface area contributed by atoms with Crippen LogP contribution in [0.3, 0.4) is 0 Å². The van der Waals surface area contributed by atoms with E-state index in [9.17, 15) is 13.2 Å². The first-order valence-electron chi connectivity index (χ1n) is 7.62. The Morgan fingerprint density at radius 3 is 2.31 bits per heavy atom. The summed E-state index contributed by atoms with van der Waals surface area (Å²) >= 11 is 3.29. The average Bonchev–Trinajstić information content (AvgIpc) is 2.58. The summed E-state index contributed by atoms with van der Waals surface area (Å²) in [4.78, 5) is 7.84. The molecule has 0 aliphatic rings. The average molecular weight is 423 g/mol. The Morgan fingerprint density at radius 1 is 0.962 bits per heavy atom. The predicted molar refractivity (Wildman–Crippen MR) is 98.9 cm³/mol. The highest BCUT2D eigenvalue weighted by atomic mass is 79.9. The van der Waals surface area contributed by atoms with Crippen LogP contribution in [0.4, 0.5) is 36.3 Å². The van der Waals surface area contributed by atoms with Crippen molar-refractivity contribution in [2.75, 3.05) is 10.6 Å². The van der Waals surface area contributed by atoms with E-state index < -0.39 is 11.7 Å². The molecule has 3 aromatic rings. The van der Waals surface area contributed by atoms with E-state index in [0.29, 0.717) is 5.69 Å². The Labute approximate surface area is 156 Å². The predicted octanol–water partition coefficient (Wildman–Crippen LogP) is 6.05. The molecular weight excluding hydrogens is 409 g/mol. The molecular formula is C18H14BrF3N4. The van der Waals surface area contributed by atoms with Gasteiger partial charge in [-0.05, 0) is 42.8 Å². The van der Waals surface area contributed by atoms with Crippen molar-refractivity contribution in [1.29, 1.82) is 0 Å². The third kappa shape index (κ3) is 4.32. The fourth-order valence-electron chi connectivity index (χ4n) is 2.25. The van der Waals surface area contributed by atoms with Crippen LogP contribution < -0.4 is 10.6 Å². The van der Waals surface area contributed by atoms with Gasteiger partial charge in [-0.15, -0.1) is 0 Å². The second-order valence-corrected chi connectivity index (χ2v) is 6.44. The van der Waals surface area contributed by atoms with Gasteiger partial charge in [-0.1, -0.05) is 34.1 Å². The molecule has 0 radical (unpaired) electrons. The monoisotopic (exact) mass is 422 g/mol. The molecule has 1 heterocycles. The quantitative estimate of drug-likeness (QED) is 0.536. The molecule has 3 rings (SSSR count). The van der Waals surface area contributed by atoms with E-state index in [0.717, 1.165) is 21.9 Å². The lowest BCUT2D eigenvalue weighted by atomic mass is 10.2. The maximum absolute atomic E-state index is 13.3. The van der Waals surface area contributed by atoms with Crippen molar-refractivity contribution in [3.8, 4) is 0 Å². The molecule has 2 aromatic carbocycles. The Kier molecular flexibility index (Phi) is 5.13. The van der Waals surface area contributed by atoms with Crippen LogP contribution in [0.5, 0.6) is 0 Å². The van der Waals surface area contributed by atoms with Gasteiger partial charge in [0, 0.05) is 22.0 Å². The van der Waals surface area contributed by atoms with Crippen LogP contribution in [-0.2, 0) is 6.18 Å². The molecule has 0 saturated carbocycles. The molecule has 2 N–H and O–H groups in total. The number of alkyl halides is 3. The summed E-state index contributed by atoms with van der Waals surface area (Å²) in [6.45, 7) is 1.88. The second-order valence-electron chi connectivity index (χ2n) is 5.53. The van der Waals surface area contributed by atoms with Crippen LogP contribution >= 0.6 is 15.9 Å². The minimum absolute atomic E-state index is 0.0758. The number of halogens is 4. The van der Waals surface area contributed by atoms with Crippen molar-refractivity contribution in [2.24, 2.45) is 0 Å². The molecule has 0 aliphatic carbocycles. The van der Waals surface area contributed by atoms with E-state index in [2.05, 4.69) is 36.5 Å². The third-order valence-electron chi connectivity index (χ3n) is 3.59. The number of nitrogens with zero attached hydrogens (tertiary/aromatic N) is 2. The van der Waals surface area contributed by atoms with Crippen molar-refractivity contribution in [3.05, 3.63) is 70.3 Å². The summed E-state index contributed by atoms with van der Waals surface area (Å²) in [7, 11) is 0. The Bertz CT molecular complexity index is 911. The van der Waals surface area contributed by atoms with Crippen LogP contribution in [0.15, 0.2) is 59.2 Å². The highest BCUT2D eigenvalue weighted by Crippen LogP contribution is 2.35. The summed E-state index contributed by atoms with van der Waals surface area (Å²) in [5.41, 5.74) is 1.20. The van der Waals surface area contributed by atoms with Gasteiger partial charge in [0.1, 0.15) is 11.4 Å². The largest absolute Gasteiger partial charge is 0.421 e. The van der Waals surface area contributed by atoms with E-state index in [1.54, 1.807) is 30.3 Å². The lowest BCUT2D eigenvalue weighted by Crippen LogP contribution is -2.12. The third-order valence-corrected chi connectivity index (χ3v) is 4.12. The summed E-state index contributed by atoms with van der Waals surface area (Å²) < 4.78 is 40.7. The van der Waals surface area contributed by atoms with Crippen molar-refractivity contribution in [1.82, 2.24) is 9.97 Å². The Morgan fingerprint density at radius 2 is 1.65 bits per heavy atom. The zero-order chi connectivity index (χ0) is 18.7. The number of benzene rings is 2. The molecule has 1 aromatic heterocycles. The standard InChI is InChI=1S/C18H14BrF3N4/c1-11-4-2-3-5-15(11)25-17-23-10-14(18(20,21)22)16(26-17)24-13-8-6-12(19)7-9-13/h2-10H,1H3,(H2,23,24,25,26). The van der Waals surface area contributed by atoms with Crippen LogP contribution in [0, 0.1) is 6.92 Å². The van der Waals surface area contributed by atoms with Gasteiger partial charge in [0.05, 0.1) is 0 Å². The van der Waals surface area contributed by atoms with Crippen LogP contribution in [0.2, 0.25) is 0 Å². The summed E-state index contributed by atoms with van der Waals surface area (Å²) in [6.07, 6.45) is -3.80.